The van der Waals surface area contributed by atoms with E-state index in [1.165, 1.54) is 12.1 Å². The summed E-state index contributed by atoms with van der Waals surface area (Å²) < 4.78 is 18.4. The van der Waals surface area contributed by atoms with Crippen LogP contribution >= 0.6 is 0 Å². The number of aliphatic hydroxyl groups is 1. The molecule has 0 saturated carbocycles. The van der Waals surface area contributed by atoms with Crippen molar-refractivity contribution in [2.75, 3.05) is 32.8 Å². The first-order valence-electron chi connectivity index (χ1n) is 7.39. The molecular weight excluding hydrogens is 257 g/mol. The van der Waals surface area contributed by atoms with Crippen molar-refractivity contribution in [2.24, 2.45) is 5.41 Å². The molecule has 1 fully saturated rings. The van der Waals surface area contributed by atoms with Crippen molar-refractivity contribution in [3.63, 3.8) is 0 Å². The minimum absolute atomic E-state index is 0.133. The molecule has 1 saturated heterocycles. The van der Waals surface area contributed by atoms with Crippen molar-refractivity contribution in [2.45, 2.75) is 26.2 Å². The van der Waals surface area contributed by atoms with Crippen molar-refractivity contribution in [1.82, 2.24) is 4.90 Å². The van der Waals surface area contributed by atoms with Crippen LogP contribution in [-0.2, 0) is 0 Å². The second kappa shape index (κ2) is 7.04. The van der Waals surface area contributed by atoms with E-state index in [2.05, 4.69) is 11.8 Å². The summed E-state index contributed by atoms with van der Waals surface area (Å²) in [6.45, 7) is 5.97. The maximum absolute atomic E-state index is 12.8. The highest BCUT2D eigenvalue weighted by Crippen LogP contribution is 2.33. The van der Waals surface area contributed by atoms with Gasteiger partial charge in [-0.2, -0.15) is 0 Å². The van der Waals surface area contributed by atoms with Gasteiger partial charge in [0.05, 0.1) is 0 Å². The number of likely N-dealkylation sites (tertiary alicyclic amines) is 1. The minimum Gasteiger partial charge on any atom is -0.492 e. The lowest BCUT2D eigenvalue weighted by Gasteiger charge is -2.40. The fourth-order valence-corrected chi connectivity index (χ4v) is 2.70. The third-order valence-electron chi connectivity index (χ3n) is 4.49. The van der Waals surface area contributed by atoms with Gasteiger partial charge in [0.15, 0.2) is 0 Å². The number of halogens is 1. The minimum atomic E-state index is -0.242. The maximum Gasteiger partial charge on any atom is 0.123 e. The number of rotatable bonds is 6. The lowest BCUT2D eigenvalue weighted by molar-refractivity contribution is 0.0366. The molecule has 1 aliphatic rings. The van der Waals surface area contributed by atoms with E-state index < -0.39 is 0 Å². The molecule has 1 aromatic rings. The summed E-state index contributed by atoms with van der Waals surface area (Å²) in [5.41, 5.74) is 0.133. The third-order valence-corrected chi connectivity index (χ3v) is 4.49. The lowest BCUT2D eigenvalue weighted by atomic mass is 9.77. The van der Waals surface area contributed by atoms with E-state index in [0.29, 0.717) is 19.0 Å². The van der Waals surface area contributed by atoms with Crippen LogP contribution in [-0.4, -0.2) is 42.9 Å². The van der Waals surface area contributed by atoms with Gasteiger partial charge in [0.25, 0.3) is 0 Å². The molecule has 1 N–H and O–H groups in total. The summed E-state index contributed by atoms with van der Waals surface area (Å²) in [6, 6.07) is 6.12. The topological polar surface area (TPSA) is 32.7 Å². The Bertz CT molecular complexity index is 393. The zero-order valence-corrected chi connectivity index (χ0v) is 12.1. The first kappa shape index (κ1) is 15.3. The van der Waals surface area contributed by atoms with Crippen molar-refractivity contribution in [3.05, 3.63) is 30.1 Å². The largest absolute Gasteiger partial charge is 0.492 e. The number of hydrogen-bond acceptors (Lipinski definition) is 3. The van der Waals surface area contributed by atoms with Crippen LogP contribution in [0.25, 0.3) is 0 Å². The maximum atomic E-state index is 12.8. The molecule has 112 valence electrons. The Morgan fingerprint density at radius 1 is 1.25 bits per heavy atom. The van der Waals surface area contributed by atoms with Crippen LogP contribution in [0.15, 0.2) is 24.3 Å². The Balaban J connectivity index is 1.70. The number of ether oxygens (including phenoxy) is 1. The van der Waals surface area contributed by atoms with Gasteiger partial charge in [0.2, 0.25) is 0 Å². The molecule has 0 unspecified atom stereocenters. The SMILES string of the molecule is CCC1(CO)CCN(CCOc2ccc(F)cc2)CC1. The van der Waals surface area contributed by atoms with E-state index in [1.54, 1.807) is 12.1 Å². The van der Waals surface area contributed by atoms with Gasteiger partial charge in [-0.05, 0) is 62.0 Å². The Morgan fingerprint density at radius 3 is 2.45 bits per heavy atom. The Morgan fingerprint density at radius 2 is 1.90 bits per heavy atom. The molecule has 1 aromatic carbocycles. The van der Waals surface area contributed by atoms with E-state index in [4.69, 9.17) is 4.74 Å². The van der Waals surface area contributed by atoms with Crippen molar-refractivity contribution >= 4 is 0 Å². The highest BCUT2D eigenvalue weighted by molar-refractivity contribution is 5.21. The van der Waals surface area contributed by atoms with Gasteiger partial charge in [-0.25, -0.2) is 4.39 Å². The van der Waals surface area contributed by atoms with Gasteiger partial charge >= 0.3 is 0 Å². The summed E-state index contributed by atoms with van der Waals surface area (Å²) in [5.74, 6) is 0.468. The van der Waals surface area contributed by atoms with Crippen LogP contribution in [0.3, 0.4) is 0 Å². The van der Waals surface area contributed by atoms with E-state index in [9.17, 15) is 9.50 Å². The van der Waals surface area contributed by atoms with Gasteiger partial charge < -0.3 is 9.84 Å². The third kappa shape index (κ3) is 3.93. The predicted octanol–water partition coefficient (Wildman–Crippen LogP) is 2.69. The van der Waals surface area contributed by atoms with Gasteiger partial charge in [-0.1, -0.05) is 6.92 Å². The fourth-order valence-electron chi connectivity index (χ4n) is 2.70. The molecule has 4 heteroatoms. The molecule has 1 aliphatic heterocycles. The van der Waals surface area contributed by atoms with Gasteiger partial charge in [0, 0.05) is 13.2 Å². The zero-order chi connectivity index (χ0) is 14.4. The van der Waals surface area contributed by atoms with Gasteiger partial charge in [0.1, 0.15) is 18.2 Å². The Labute approximate surface area is 120 Å². The van der Waals surface area contributed by atoms with E-state index in [-0.39, 0.29) is 11.2 Å². The number of nitrogens with zero attached hydrogens (tertiary/aromatic N) is 1. The normalized spacial score (nSPS) is 18.9. The average molecular weight is 281 g/mol. The smallest absolute Gasteiger partial charge is 0.123 e. The Kier molecular flexibility index (Phi) is 5.38. The van der Waals surface area contributed by atoms with Crippen molar-refractivity contribution in [1.29, 1.82) is 0 Å². The summed E-state index contributed by atoms with van der Waals surface area (Å²) in [6.07, 6.45) is 3.15. The molecule has 0 bridgehead atoms. The lowest BCUT2D eigenvalue weighted by Crippen LogP contribution is -2.43. The van der Waals surface area contributed by atoms with Gasteiger partial charge in [-0.3, -0.25) is 4.90 Å². The number of hydrogen-bond donors (Lipinski definition) is 1. The predicted molar refractivity (Wildman–Crippen MR) is 77.4 cm³/mol. The molecule has 0 radical (unpaired) electrons. The second-order valence-electron chi connectivity index (χ2n) is 5.66. The summed E-state index contributed by atoms with van der Waals surface area (Å²) in [4.78, 5) is 2.37. The number of piperidine rings is 1. The molecule has 3 nitrogen and oxygen atoms in total. The molecule has 2 rings (SSSR count). The van der Waals surface area contributed by atoms with E-state index >= 15 is 0 Å². The molecule has 0 atom stereocenters. The second-order valence-corrected chi connectivity index (χ2v) is 5.66. The van der Waals surface area contributed by atoms with Crippen LogP contribution in [0.2, 0.25) is 0 Å². The molecule has 1 heterocycles. The molecule has 0 aliphatic carbocycles. The molecule has 0 amide bonds. The van der Waals surface area contributed by atoms with Crippen LogP contribution in [0.4, 0.5) is 4.39 Å². The quantitative estimate of drug-likeness (QED) is 0.870. The molecule has 20 heavy (non-hydrogen) atoms. The summed E-state index contributed by atoms with van der Waals surface area (Å²) in [7, 11) is 0. The van der Waals surface area contributed by atoms with Crippen LogP contribution in [0.1, 0.15) is 26.2 Å². The Hall–Kier alpha value is -1.13. The van der Waals surface area contributed by atoms with Crippen LogP contribution in [0.5, 0.6) is 5.75 Å². The first-order valence-corrected chi connectivity index (χ1v) is 7.39. The molecular formula is C16H24FNO2. The zero-order valence-electron chi connectivity index (χ0n) is 12.1. The molecule has 0 spiro atoms. The highest BCUT2D eigenvalue weighted by Gasteiger charge is 2.31. The van der Waals surface area contributed by atoms with Crippen LogP contribution in [0, 0.1) is 11.2 Å². The molecule has 0 aromatic heterocycles. The van der Waals surface area contributed by atoms with Crippen molar-refractivity contribution < 1.29 is 14.2 Å². The fraction of sp³-hybridized carbons (Fsp3) is 0.625. The number of benzene rings is 1. The summed E-state index contributed by atoms with van der Waals surface area (Å²) >= 11 is 0. The van der Waals surface area contributed by atoms with E-state index in [0.717, 1.165) is 38.9 Å². The monoisotopic (exact) mass is 281 g/mol. The van der Waals surface area contributed by atoms with Crippen molar-refractivity contribution in [3.8, 4) is 5.75 Å². The highest BCUT2D eigenvalue weighted by atomic mass is 19.1. The number of aliphatic hydroxyl groups excluding tert-OH is 1. The average Bonchev–Trinajstić information content (AvgIpc) is 2.50. The van der Waals surface area contributed by atoms with Crippen LogP contribution < -0.4 is 4.74 Å². The van der Waals surface area contributed by atoms with Gasteiger partial charge in [-0.15, -0.1) is 0 Å². The summed E-state index contributed by atoms with van der Waals surface area (Å²) in [5, 5.41) is 9.50. The van der Waals surface area contributed by atoms with E-state index in [1.807, 2.05) is 0 Å². The standard InChI is InChI=1S/C16H24FNO2/c1-2-16(13-19)7-9-18(10-8-16)11-12-20-15-5-3-14(17)4-6-15/h3-6,19H,2,7-13H2,1H3. The first-order chi connectivity index (χ1) is 9.67.